The maximum atomic E-state index is 11.8. The van der Waals surface area contributed by atoms with Crippen LogP contribution in [0, 0.1) is 0 Å². The summed E-state index contributed by atoms with van der Waals surface area (Å²) in [5, 5.41) is 8.62. The number of methoxy groups -OCH3 is 1. The molecule has 1 aromatic heterocycles. The molecule has 6 nitrogen and oxygen atoms in total. The van der Waals surface area contributed by atoms with Gasteiger partial charge in [-0.15, -0.1) is 11.3 Å². The van der Waals surface area contributed by atoms with Gasteiger partial charge in [0, 0.05) is 25.5 Å². The van der Waals surface area contributed by atoms with Crippen LogP contribution in [-0.4, -0.2) is 51.1 Å². The van der Waals surface area contributed by atoms with Crippen LogP contribution in [0.5, 0.6) is 5.75 Å². The first kappa shape index (κ1) is 19.8. The zero-order chi connectivity index (χ0) is 18.8. The lowest BCUT2D eigenvalue weighted by Gasteiger charge is -2.13. The molecule has 1 heterocycles. The molecule has 0 unspecified atom stereocenters. The van der Waals surface area contributed by atoms with Gasteiger partial charge in [-0.05, 0) is 35.6 Å². The summed E-state index contributed by atoms with van der Waals surface area (Å²) in [6, 6.07) is 12.1. The first-order valence-electron chi connectivity index (χ1n) is 8.46. The van der Waals surface area contributed by atoms with Gasteiger partial charge in [-0.3, -0.25) is 4.79 Å². The van der Waals surface area contributed by atoms with Gasteiger partial charge in [-0.2, -0.15) is 0 Å². The second-order valence-corrected chi connectivity index (χ2v) is 6.94. The molecular weight excluding hydrogens is 348 g/mol. The van der Waals surface area contributed by atoms with E-state index in [9.17, 15) is 4.79 Å². The minimum absolute atomic E-state index is 0.0302. The molecule has 0 atom stereocenters. The van der Waals surface area contributed by atoms with Crippen LogP contribution in [0.3, 0.4) is 0 Å². The highest BCUT2D eigenvalue weighted by atomic mass is 32.1. The summed E-state index contributed by atoms with van der Waals surface area (Å²) in [6.07, 6.45) is 0.853. The van der Waals surface area contributed by atoms with Crippen molar-refractivity contribution >= 4 is 23.2 Å². The minimum Gasteiger partial charge on any atom is -0.497 e. The lowest BCUT2D eigenvalue weighted by Crippen LogP contribution is -2.39. The first-order valence-corrected chi connectivity index (χ1v) is 9.34. The van der Waals surface area contributed by atoms with Gasteiger partial charge in [0.05, 0.1) is 13.7 Å². The van der Waals surface area contributed by atoms with Crippen LogP contribution in [0.15, 0.2) is 46.8 Å². The van der Waals surface area contributed by atoms with E-state index in [2.05, 4.69) is 21.7 Å². The molecular formula is C19H26N4O2S. The second kappa shape index (κ2) is 10.5. The number of rotatable bonds is 8. The van der Waals surface area contributed by atoms with E-state index in [-0.39, 0.29) is 12.5 Å². The molecule has 0 aliphatic heterocycles. The third kappa shape index (κ3) is 6.76. The minimum atomic E-state index is -0.0302. The molecule has 1 aromatic carbocycles. The summed E-state index contributed by atoms with van der Waals surface area (Å²) in [7, 11) is 5.12. The molecule has 0 aliphatic carbocycles. The number of nitrogens with zero attached hydrogens (tertiary/aromatic N) is 2. The van der Waals surface area contributed by atoms with E-state index in [4.69, 9.17) is 4.74 Å². The van der Waals surface area contributed by atoms with Gasteiger partial charge in [0.2, 0.25) is 5.91 Å². The van der Waals surface area contributed by atoms with Crippen LogP contribution in [0.4, 0.5) is 0 Å². The molecule has 0 bridgehead atoms. The molecule has 0 aliphatic rings. The Morgan fingerprint density at radius 2 is 1.96 bits per heavy atom. The van der Waals surface area contributed by atoms with Gasteiger partial charge in [-0.25, -0.2) is 4.99 Å². The van der Waals surface area contributed by atoms with Crippen molar-refractivity contribution in [2.75, 3.05) is 34.3 Å². The Balaban J connectivity index is 1.88. The van der Waals surface area contributed by atoms with Gasteiger partial charge in [0.1, 0.15) is 12.3 Å². The fourth-order valence-corrected chi connectivity index (χ4v) is 2.81. The highest BCUT2D eigenvalue weighted by Gasteiger charge is 2.05. The number of carbonyl (C=O) groups is 1. The number of thiophene rings is 1. The number of likely N-dealkylation sites (N-methyl/N-ethyl adjacent to an activating group) is 1. The van der Waals surface area contributed by atoms with E-state index in [1.54, 1.807) is 32.5 Å². The maximum Gasteiger partial charge on any atom is 0.243 e. The number of amides is 1. The molecule has 2 rings (SSSR count). The molecule has 7 heteroatoms. The van der Waals surface area contributed by atoms with Crippen molar-refractivity contribution < 1.29 is 9.53 Å². The summed E-state index contributed by atoms with van der Waals surface area (Å²) < 4.78 is 5.17. The number of aliphatic imine (C=N–C) groups is 1. The van der Waals surface area contributed by atoms with Crippen LogP contribution in [0.2, 0.25) is 0 Å². The molecule has 0 radical (unpaired) electrons. The van der Waals surface area contributed by atoms with Crippen molar-refractivity contribution in [3.63, 3.8) is 0 Å². The van der Waals surface area contributed by atoms with Gasteiger partial charge < -0.3 is 20.3 Å². The van der Waals surface area contributed by atoms with Crippen LogP contribution in [0.25, 0.3) is 0 Å². The Bertz CT molecular complexity index is 697. The number of nitrogens with one attached hydrogen (secondary N) is 2. The SMILES string of the molecule is COc1ccc(CCNC(=NCC(=O)N(C)C)NCc2cccs2)cc1. The number of ether oxygens (including phenoxy) is 1. The fourth-order valence-electron chi connectivity index (χ4n) is 2.16. The fraction of sp³-hybridized carbons (Fsp3) is 0.368. The zero-order valence-electron chi connectivity index (χ0n) is 15.5. The number of guanidine groups is 1. The first-order chi connectivity index (χ1) is 12.6. The largest absolute Gasteiger partial charge is 0.497 e. The van der Waals surface area contributed by atoms with Crippen LogP contribution in [0.1, 0.15) is 10.4 Å². The predicted octanol–water partition coefficient (Wildman–Crippen LogP) is 2.12. The highest BCUT2D eigenvalue weighted by molar-refractivity contribution is 7.09. The van der Waals surface area contributed by atoms with Crippen molar-refractivity contribution in [3.8, 4) is 5.75 Å². The van der Waals surface area contributed by atoms with Crippen molar-refractivity contribution in [2.24, 2.45) is 4.99 Å². The van der Waals surface area contributed by atoms with Crippen LogP contribution < -0.4 is 15.4 Å². The molecule has 2 aromatic rings. The Kier molecular flexibility index (Phi) is 7.95. The van der Waals surface area contributed by atoms with E-state index in [1.165, 1.54) is 15.3 Å². The summed E-state index contributed by atoms with van der Waals surface area (Å²) in [4.78, 5) is 18.9. The molecule has 0 fully saturated rings. The van der Waals surface area contributed by atoms with Crippen molar-refractivity contribution in [2.45, 2.75) is 13.0 Å². The lowest BCUT2D eigenvalue weighted by atomic mass is 10.1. The topological polar surface area (TPSA) is 66.0 Å². The van der Waals surface area contributed by atoms with E-state index in [1.807, 2.05) is 35.7 Å². The van der Waals surface area contributed by atoms with Crippen molar-refractivity contribution in [1.82, 2.24) is 15.5 Å². The van der Waals surface area contributed by atoms with E-state index < -0.39 is 0 Å². The summed E-state index contributed by atoms with van der Waals surface area (Å²) in [5.41, 5.74) is 1.21. The highest BCUT2D eigenvalue weighted by Crippen LogP contribution is 2.11. The quantitative estimate of drug-likeness (QED) is 0.549. The van der Waals surface area contributed by atoms with Gasteiger partial charge in [-0.1, -0.05) is 18.2 Å². The molecule has 140 valence electrons. The van der Waals surface area contributed by atoms with E-state index >= 15 is 0 Å². The van der Waals surface area contributed by atoms with Crippen LogP contribution >= 0.6 is 11.3 Å². The molecule has 0 saturated heterocycles. The van der Waals surface area contributed by atoms with E-state index in [0.717, 1.165) is 18.7 Å². The van der Waals surface area contributed by atoms with Crippen molar-refractivity contribution in [1.29, 1.82) is 0 Å². The van der Waals surface area contributed by atoms with Gasteiger partial charge in [0.25, 0.3) is 0 Å². The van der Waals surface area contributed by atoms with Crippen molar-refractivity contribution in [3.05, 3.63) is 52.2 Å². The number of hydrogen-bond acceptors (Lipinski definition) is 4. The molecule has 2 N–H and O–H groups in total. The molecule has 0 spiro atoms. The number of hydrogen-bond donors (Lipinski definition) is 2. The Morgan fingerprint density at radius 1 is 1.19 bits per heavy atom. The Morgan fingerprint density at radius 3 is 2.58 bits per heavy atom. The van der Waals surface area contributed by atoms with Gasteiger partial charge in [0.15, 0.2) is 5.96 Å². The maximum absolute atomic E-state index is 11.8. The summed E-state index contributed by atoms with van der Waals surface area (Å²) in [5.74, 6) is 1.46. The predicted molar refractivity (Wildman–Crippen MR) is 107 cm³/mol. The van der Waals surface area contributed by atoms with Gasteiger partial charge >= 0.3 is 0 Å². The standard InChI is InChI=1S/C19H26N4O2S/c1-23(2)18(24)14-22-19(21-13-17-5-4-12-26-17)20-11-10-15-6-8-16(25-3)9-7-15/h4-9,12H,10-11,13-14H2,1-3H3,(H2,20,21,22). The third-order valence-corrected chi connectivity index (χ3v) is 4.62. The summed E-state index contributed by atoms with van der Waals surface area (Å²) in [6.45, 7) is 1.52. The smallest absolute Gasteiger partial charge is 0.243 e. The Hall–Kier alpha value is -2.54. The normalized spacial score (nSPS) is 11.1. The second-order valence-electron chi connectivity index (χ2n) is 5.91. The van der Waals surface area contributed by atoms with E-state index in [0.29, 0.717) is 12.5 Å². The average molecular weight is 375 g/mol. The third-order valence-electron chi connectivity index (χ3n) is 3.75. The molecule has 0 saturated carbocycles. The number of benzene rings is 1. The van der Waals surface area contributed by atoms with Crippen LogP contribution in [-0.2, 0) is 17.8 Å². The lowest BCUT2D eigenvalue weighted by molar-refractivity contribution is -0.127. The number of carbonyl (C=O) groups excluding carboxylic acids is 1. The monoisotopic (exact) mass is 374 g/mol. The molecule has 26 heavy (non-hydrogen) atoms. The zero-order valence-corrected chi connectivity index (χ0v) is 16.3. The summed E-state index contributed by atoms with van der Waals surface area (Å²) >= 11 is 1.69. The Labute approximate surface area is 158 Å². The average Bonchev–Trinajstić information content (AvgIpc) is 3.17. The molecule has 1 amide bonds.